The highest BCUT2D eigenvalue weighted by Gasteiger charge is 2.52. The van der Waals surface area contributed by atoms with Crippen LogP contribution in [-0.2, 0) is 5.41 Å². The quantitative estimate of drug-likeness (QED) is 0.193. The zero-order valence-electron chi connectivity index (χ0n) is 30.5. The molecule has 8 aromatic rings. The number of para-hydroxylation sites is 3. The topological polar surface area (TPSA) is 40.5 Å². The van der Waals surface area contributed by atoms with E-state index in [1.165, 1.54) is 33.4 Å². The van der Waals surface area contributed by atoms with E-state index in [1.807, 2.05) is 12.3 Å². The lowest BCUT2D eigenvalue weighted by molar-refractivity contribution is 0.750. The molecule has 0 saturated heterocycles. The van der Waals surface area contributed by atoms with Gasteiger partial charge in [-0.25, -0.2) is 0 Å². The Hall–Kier alpha value is -7.30. The van der Waals surface area contributed by atoms with E-state index in [4.69, 9.17) is 9.98 Å². The molecule has 0 fully saturated rings. The monoisotopic (exact) mass is 716 g/mol. The Bertz CT molecular complexity index is 2780. The molecule has 1 unspecified atom stereocenters. The molecule has 264 valence electrons. The number of hydrogen-bond acceptors (Lipinski definition) is 4. The number of anilines is 3. The molecule has 3 aliphatic rings. The first-order chi connectivity index (χ1) is 27.8. The van der Waals surface area contributed by atoms with Crippen molar-refractivity contribution in [1.29, 1.82) is 0 Å². The fourth-order valence-corrected chi connectivity index (χ4v) is 9.10. The second-order valence-electron chi connectivity index (χ2n) is 14.6. The summed E-state index contributed by atoms with van der Waals surface area (Å²) in [7, 11) is 0. The summed E-state index contributed by atoms with van der Waals surface area (Å²) in [5.74, 6) is 0.854. The number of fused-ring (bicyclic) bond motifs is 9. The molecule has 1 N–H and O–H groups in total. The molecule has 1 spiro atoms. The minimum atomic E-state index is -0.592. The van der Waals surface area contributed by atoms with Crippen molar-refractivity contribution in [2.45, 2.75) is 11.5 Å². The van der Waals surface area contributed by atoms with E-state index in [9.17, 15) is 0 Å². The molecular weight excluding hydrogens is 681 g/mol. The first-order valence-electron chi connectivity index (χ1n) is 19.2. The predicted octanol–water partition coefficient (Wildman–Crippen LogP) is 12.0. The predicted molar refractivity (Wildman–Crippen MR) is 228 cm³/mol. The minimum absolute atomic E-state index is 0.178. The number of aliphatic imine (C=N–C) groups is 1. The maximum Gasteiger partial charge on any atom is 0.133 e. The van der Waals surface area contributed by atoms with Gasteiger partial charge >= 0.3 is 0 Å². The number of pyridine rings is 1. The van der Waals surface area contributed by atoms with Crippen LogP contribution >= 0.6 is 0 Å². The summed E-state index contributed by atoms with van der Waals surface area (Å²) in [4.78, 5) is 12.8. The molecule has 3 heterocycles. The van der Waals surface area contributed by atoms with Gasteiger partial charge in [-0.15, -0.1) is 0 Å². The largest absolute Gasteiger partial charge is 0.340 e. The SMILES string of the molecule is C1=C(c2ccc3c(c2)C2(c4ccccc4N(c4ccccc4)c4ccccc42)c2cccnc2-3)NC(c2ccccc2)=NC1c1ccc(-c2ccccc2)cc1. The van der Waals surface area contributed by atoms with Crippen LogP contribution in [0, 0.1) is 0 Å². The lowest BCUT2D eigenvalue weighted by Crippen LogP contribution is -2.36. The van der Waals surface area contributed by atoms with E-state index in [0.717, 1.165) is 56.5 Å². The normalized spacial score (nSPS) is 15.8. The van der Waals surface area contributed by atoms with E-state index in [1.54, 1.807) is 0 Å². The fourth-order valence-electron chi connectivity index (χ4n) is 9.10. The molecule has 1 atom stereocenters. The number of rotatable bonds is 5. The van der Waals surface area contributed by atoms with E-state index in [0.29, 0.717) is 0 Å². The van der Waals surface area contributed by atoms with Gasteiger partial charge in [-0.3, -0.25) is 9.98 Å². The van der Waals surface area contributed by atoms with Gasteiger partial charge in [0, 0.05) is 28.7 Å². The molecule has 7 aromatic carbocycles. The smallest absolute Gasteiger partial charge is 0.133 e. The van der Waals surface area contributed by atoms with E-state index >= 15 is 0 Å². The Balaban J connectivity index is 1.10. The molecule has 0 bridgehead atoms. The van der Waals surface area contributed by atoms with Crippen LogP contribution < -0.4 is 10.2 Å². The van der Waals surface area contributed by atoms with Crippen molar-refractivity contribution in [3.8, 4) is 22.4 Å². The summed E-state index contributed by atoms with van der Waals surface area (Å²) in [6.07, 6.45) is 4.20. The standard InChI is InChI=1S/C52H36N4/c1-4-15-35(16-5-1)36-26-28-37(29-27-36)46-34-47(55-51(54-46)38-17-6-2-7-18-38)39-30-31-41-45(33-39)52(44-23-14-32-53-50(41)44)42-21-10-12-24-48(42)56(40-19-8-3-9-20-40)49-25-13-11-22-43(49)52/h1-34,46H,(H,54,55). The molecule has 0 saturated carbocycles. The van der Waals surface area contributed by atoms with Crippen molar-refractivity contribution in [3.63, 3.8) is 0 Å². The first-order valence-corrected chi connectivity index (χ1v) is 19.2. The Kier molecular flexibility index (Phi) is 7.42. The number of aromatic nitrogens is 1. The second-order valence-corrected chi connectivity index (χ2v) is 14.6. The molecule has 11 rings (SSSR count). The first kappa shape index (κ1) is 32.2. The highest BCUT2D eigenvalue weighted by Crippen LogP contribution is 2.63. The number of amidine groups is 1. The summed E-state index contributed by atoms with van der Waals surface area (Å²) in [6.45, 7) is 0. The summed E-state index contributed by atoms with van der Waals surface area (Å²) >= 11 is 0. The van der Waals surface area contributed by atoms with Crippen LogP contribution in [0.3, 0.4) is 0 Å². The van der Waals surface area contributed by atoms with Gasteiger partial charge in [0.1, 0.15) is 5.84 Å². The van der Waals surface area contributed by atoms with Gasteiger partial charge in [-0.2, -0.15) is 0 Å². The third-order valence-electron chi connectivity index (χ3n) is 11.6. The number of nitrogens with one attached hydrogen (secondary N) is 1. The highest BCUT2D eigenvalue weighted by atomic mass is 15.2. The average Bonchev–Trinajstić information content (AvgIpc) is 3.57. The average molecular weight is 717 g/mol. The lowest BCUT2D eigenvalue weighted by atomic mass is 9.64. The molecule has 0 amide bonds. The third kappa shape index (κ3) is 4.93. The van der Waals surface area contributed by atoms with Gasteiger partial charge in [0.05, 0.1) is 28.5 Å². The molecule has 56 heavy (non-hydrogen) atoms. The lowest BCUT2D eigenvalue weighted by Gasteiger charge is -2.45. The molecule has 4 heteroatoms. The molecular formula is C52H36N4. The van der Waals surface area contributed by atoms with Crippen LogP contribution in [0.15, 0.2) is 211 Å². The van der Waals surface area contributed by atoms with Crippen molar-refractivity contribution in [3.05, 3.63) is 245 Å². The van der Waals surface area contributed by atoms with Gasteiger partial charge in [0.15, 0.2) is 0 Å². The summed E-state index contributed by atoms with van der Waals surface area (Å²) in [5.41, 5.74) is 16.7. The van der Waals surface area contributed by atoms with Crippen LogP contribution in [0.25, 0.3) is 28.1 Å². The Morgan fingerprint density at radius 3 is 1.75 bits per heavy atom. The van der Waals surface area contributed by atoms with Crippen LogP contribution in [0.1, 0.15) is 45.0 Å². The number of nitrogens with zero attached hydrogens (tertiary/aromatic N) is 3. The Labute approximate surface area is 326 Å². The van der Waals surface area contributed by atoms with Crippen molar-refractivity contribution in [1.82, 2.24) is 10.3 Å². The highest BCUT2D eigenvalue weighted by molar-refractivity contribution is 6.05. The number of benzene rings is 7. The third-order valence-corrected chi connectivity index (χ3v) is 11.6. The zero-order chi connectivity index (χ0) is 37.1. The summed E-state index contributed by atoms with van der Waals surface area (Å²) < 4.78 is 0. The van der Waals surface area contributed by atoms with Gasteiger partial charge < -0.3 is 10.2 Å². The van der Waals surface area contributed by atoms with Gasteiger partial charge in [-0.1, -0.05) is 158 Å². The fraction of sp³-hybridized carbons (Fsp3) is 0.0385. The van der Waals surface area contributed by atoms with E-state index in [2.05, 4.69) is 204 Å². The van der Waals surface area contributed by atoms with E-state index < -0.39 is 5.41 Å². The molecule has 2 aliphatic heterocycles. The van der Waals surface area contributed by atoms with Gasteiger partial charge in [0.2, 0.25) is 0 Å². The number of hydrogen-bond donors (Lipinski definition) is 1. The molecule has 1 aromatic heterocycles. The van der Waals surface area contributed by atoms with Gasteiger partial charge in [0.25, 0.3) is 0 Å². The van der Waals surface area contributed by atoms with Crippen molar-refractivity contribution in [2.75, 3.05) is 4.90 Å². The maximum absolute atomic E-state index is 5.30. The Morgan fingerprint density at radius 2 is 1.05 bits per heavy atom. The van der Waals surface area contributed by atoms with Crippen molar-refractivity contribution >= 4 is 28.6 Å². The maximum atomic E-state index is 5.30. The van der Waals surface area contributed by atoms with Crippen molar-refractivity contribution < 1.29 is 0 Å². The van der Waals surface area contributed by atoms with Crippen LogP contribution in [0.2, 0.25) is 0 Å². The zero-order valence-corrected chi connectivity index (χ0v) is 30.5. The van der Waals surface area contributed by atoms with Crippen LogP contribution in [-0.4, -0.2) is 10.8 Å². The van der Waals surface area contributed by atoms with E-state index in [-0.39, 0.29) is 6.04 Å². The summed E-state index contributed by atoms with van der Waals surface area (Å²) in [5, 5.41) is 3.78. The second kappa shape index (κ2) is 12.9. The van der Waals surface area contributed by atoms with Crippen molar-refractivity contribution in [2.24, 2.45) is 4.99 Å². The van der Waals surface area contributed by atoms with Crippen LogP contribution in [0.5, 0.6) is 0 Å². The minimum Gasteiger partial charge on any atom is -0.340 e. The molecule has 1 aliphatic carbocycles. The van der Waals surface area contributed by atoms with Crippen LogP contribution in [0.4, 0.5) is 17.1 Å². The molecule has 4 nitrogen and oxygen atoms in total. The van der Waals surface area contributed by atoms with Gasteiger partial charge in [-0.05, 0) is 87.0 Å². The molecule has 0 radical (unpaired) electrons. The Morgan fingerprint density at radius 1 is 0.482 bits per heavy atom. The summed E-state index contributed by atoms with van der Waals surface area (Å²) in [6, 6.07) is 69.4.